The molecule has 1 aliphatic rings. The van der Waals surface area contributed by atoms with E-state index in [0.29, 0.717) is 16.4 Å². The van der Waals surface area contributed by atoms with Crippen LogP contribution in [0.5, 0.6) is 5.75 Å². The number of ether oxygens (including phenoxy) is 1. The summed E-state index contributed by atoms with van der Waals surface area (Å²) in [5, 5.41) is 8.92. The van der Waals surface area contributed by atoms with Crippen molar-refractivity contribution in [3.05, 3.63) is 18.0 Å². The summed E-state index contributed by atoms with van der Waals surface area (Å²) in [4.78, 5) is 16.0. The predicted octanol–water partition coefficient (Wildman–Crippen LogP) is 0.816. The van der Waals surface area contributed by atoms with Crippen LogP contribution < -0.4 is 9.46 Å². The molecule has 1 N–H and O–H groups in total. The molecule has 0 atom stereocenters. The Bertz CT molecular complexity index is 634. The maximum Gasteiger partial charge on any atom is 0.281 e. The molecule has 0 fully saturated rings. The summed E-state index contributed by atoms with van der Waals surface area (Å²) in [5.41, 5.74) is -0.838. The van der Waals surface area contributed by atoms with E-state index in [1.54, 1.807) is 20.8 Å². The zero-order chi connectivity index (χ0) is 14.3. The van der Waals surface area contributed by atoms with Crippen LogP contribution in [0.25, 0.3) is 0 Å². The highest BCUT2D eigenvalue weighted by atomic mass is 32.3. The lowest BCUT2D eigenvalue weighted by atomic mass is 10.2. The third-order valence-corrected chi connectivity index (χ3v) is 5.39. The Morgan fingerprint density at radius 1 is 1.58 bits per heavy atom. The Kier molecular flexibility index (Phi) is 3.06. The normalized spacial score (nSPS) is 18.1. The van der Waals surface area contributed by atoms with Gasteiger partial charge in [-0.25, -0.2) is 4.98 Å². The van der Waals surface area contributed by atoms with Gasteiger partial charge in [0, 0.05) is 11.8 Å². The van der Waals surface area contributed by atoms with Crippen molar-refractivity contribution in [2.45, 2.75) is 31.3 Å². The van der Waals surface area contributed by atoms with Crippen LogP contribution >= 0.6 is 0 Å². The maximum absolute atomic E-state index is 12.5. The van der Waals surface area contributed by atoms with Crippen LogP contribution in [0.4, 0.5) is 0 Å². The average Bonchev–Trinajstić information content (AvgIpc) is 2.62. The highest BCUT2D eigenvalue weighted by molar-refractivity contribution is 8.02. The molecule has 2 heterocycles. The van der Waals surface area contributed by atoms with Crippen LogP contribution in [-0.4, -0.2) is 26.5 Å². The van der Waals surface area contributed by atoms with Gasteiger partial charge in [0.2, 0.25) is 0 Å². The molecule has 0 radical (unpaired) electrons. The van der Waals surface area contributed by atoms with Crippen LogP contribution in [0.15, 0.2) is 17.2 Å². The molecule has 19 heavy (non-hydrogen) atoms. The van der Waals surface area contributed by atoms with Gasteiger partial charge < -0.3 is 4.74 Å². The molecule has 0 saturated heterocycles. The van der Waals surface area contributed by atoms with Gasteiger partial charge in [-0.05, 0) is 24.0 Å². The fraction of sp³-hybridized carbons (Fsp3) is 0.417. The first kappa shape index (κ1) is 13.5. The SMILES string of the molecule is CC[SH]1(=O)NC(=O)c2ncc(OC(C)(C)C#N)cc21. The summed E-state index contributed by atoms with van der Waals surface area (Å²) in [6.07, 6.45) is 1.36. The Balaban J connectivity index is 2.45. The number of carbonyl (C=O) groups excluding carboxylic acids is 1. The van der Waals surface area contributed by atoms with Crippen molar-refractivity contribution in [2.24, 2.45) is 0 Å². The molecule has 0 unspecified atom stereocenters. The second-order valence-corrected chi connectivity index (χ2v) is 7.58. The molecule has 0 aromatic carbocycles. The Labute approximate surface area is 112 Å². The molecule has 1 amide bonds. The topological polar surface area (TPSA) is 92.1 Å². The summed E-state index contributed by atoms with van der Waals surface area (Å²) < 4.78 is 20.5. The third-order valence-electron chi connectivity index (χ3n) is 2.82. The first-order valence-corrected chi connectivity index (χ1v) is 7.73. The van der Waals surface area contributed by atoms with Crippen molar-refractivity contribution >= 4 is 16.0 Å². The van der Waals surface area contributed by atoms with E-state index >= 15 is 0 Å². The minimum absolute atomic E-state index is 0.173. The Morgan fingerprint density at radius 3 is 2.84 bits per heavy atom. The summed E-state index contributed by atoms with van der Waals surface area (Å²) >= 11 is 0. The largest absolute Gasteiger partial charge is 0.471 e. The van der Waals surface area contributed by atoms with Gasteiger partial charge >= 0.3 is 0 Å². The summed E-state index contributed by atoms with van der Waals surface area (Å²) in [6, 6.07) is 3.53. The number of amides is 1. The van der Waals surface area contributed by atoms with Gasteiger partial charge in [-0.2, -0.15) is 5.26 Å². The van der Waals surface area contributed by atoms with E-state index in [1.165, 1.54) is 12.3 Å². The first-order chi connectivity index (χ1) is 8.81. The summed E-state index contributed by atoms with van der Waals surface area (Å²) in [6.45, 7) is 4.97. The van der Waals surface area contributed by atoms with Gasteiger partial charge in [-0.3, -0.25) is 13.7 Å². The van der Waals surface area contributed by atoms with E-state index < -0.39 is 21.6 Å². The molecule has 1 aromatic rings. The predicted molar refractivity (Wildman–Crippen MR) is 70.4 cm³/mol. The zero-order valence-corrected chi connectivity index (χ0v) is 11.8. The molecule has 102 valence electrons. The van der Waals surface area contributed by atoms with E-state index in [0.717, 1.165) is 0 Å². The van der Waals surface area contributed by atoms with Gasteiger partial charge in [0.15, 0.2) is 5.60 Å². The number of pyridine rings is 1. The molecular weight excluding hydrogens is 266 g/mol. The molecule has 1 aliphatic heterocycles. The van der Waals surface area contributed by atoms with Crippen molar-refractivity contribution in [3.8, 4) is 11.8 Å². The number of carbonyl (C=O) groups is 1. The van der Waals surface area contributed by atoms with Gasteiger partial charge in [0.1, 0.15) is 17.5 Å². The van der Waals surface area contributed by atoms with Crippen molar-refractivity contribution in [2.75, 3.05) is 5.75 Å². The molecule has 2 rings (SSSR count). The van der Waals surface area contributed by atoms with E-state index in [-0.39, 0.29) is 5.69 Å². The third kappa shape index (κ3) is 2.31. The summed E-state index contributed by atoms with van der Waals surface area (Å²) in [5.74, 6) is 0.222. The lowest BCUT2D eigenvalue weighted by molar-refractivity contribution is 0.0980. The number of aromatic nitrogens is 1. The van der Waals surface area contributed by atoms with Crippen LogP contribution in [0.2, 0.25) is 0 Å². The molecule has 7 heteroatoms. The Morgan fingerprint density at radius 2 is 2.26 bits per heavy atom. The number of nitriles is 1. The van der Waals surface area contributed by atoms with Gasteiger partial charge in [0.25, 0.3) is 5.91 Å². The van der Waals surface area contributed by atoms with Gasteiger partial charge in [-0.1, -0.05) is 6.92 Å². The smallest absolute Gasteiger partial charge is 0.281 e. The van der Waals surface area contributed by atoms with Crippen molar-refractivity contribution < 1.29 is 13.7 Å². The molecule has 0 saturated carbocycles. The van der Waals surface area contributed by atoms with Crippen LogP contribution in [0.3, 0.4) is 0 Å². The van der Waals surface area contributed by atoms with E-state index in [1.807, 2.05) is 6.07 Å². The molecule has 6 nitrogen and oxygen atoms in total. The lowest BCUT2D eigenvalue weighted by Crippen LogP contribution is -2.30. The van der Waals surface area contributed by atoms with Crippen molar-refractivity contribution in [3.63, 3.8) is 0 Å². The minimum Gasteiger partial charge on any atom is -0.471 e. The van der Waals surface area contributed by atoms with Crippen LogP contribution in [0, 0.1) is 11.3 Å². The number of hydrogen-bond acceptors (Lipinski definition) is 5. The number of hydrogen-bond donors (Lipinski definition) is 2. The maximum atomic E-state index is 12.5. The number of thiol groups is 1. The number of fused-ring (bicyclic) bond motifs is 1. The van der Waals surface area contributed by atoms with E-state index in [2.05, 4.69) is 9.71 Å². The number of rotatable bonds is 3. The fourth-order valence-electron chi connectivity index (χ4n) is 1.78. The van der Waals surface area contributed by atoms with Crippen LogP contribution in [-0.2, 0) is 10.1 Å². The minimum atomic E-state index is -2.92. The van der Waals surface area contributed by atoms with Gasteiger partial charge in [-0.15, -0.1) is 0 Å². The van der Waals surface area contributed by atoms with E-state index in [4.69, 9.17) is 10.00 Å². The van der Waals surface area contributed by atoms with Crippen LogP contribution in [0.1, 0.15) is 31.3 Å². The number of nitrogens with one attached hydrogen (secondary N) is 1. The van der Waals surface area contributed by atoms with E-state index in [9.17, 15) is 9.00 Å². The quantitative estimate of drug-likeness (QED) is 0.800. The standard InChI is InChI=1S/C12H15N3O3S/c1-4-19(17)9-5-8(18-12(2,3)7-13)6-14-10(9)11(16)15-19/h5-6,19H,4H2,1-3H3,(H,15,16,17). The van der Waals surface area contributed by atoms with Gasteiger partial charge in [0.05, 0.1) is 11.1 Å². The monoisotopic (exact) mass is 281 g/mol. The zero-order valence-electron chi connectivity index (χ0n) is 10.9. The molecule has 1 aromatic heterocycles. The summed E-state index contributed by atoms with van der Waals surface area (Å²) in [7, 11) is -2.92. The fourth-order valence-corrected chi connectivity index (χ4v) is 3.68. The molecular formula is C12H15N3O3S. The average molecular weight is 281 g/mol. The highest BCUT2D eigenvalue weighted by Gasteiger charge is 2.34. The Hall–Kier alpha value is -1.94. The van der Waals surface area contributed by atoms with Crippen molar-refractivity contribution in [1.29, 1.82) is 5.26 Å². The lowest BCUT2D eigenvalue weighted by Gasteiger charge is -2.20. The van der Waals surface area contributed by atoms with Crippen molar-refractivity contribution in [1.82, 2.24) is 9.71 Å². The number of nitrogens with zero attached hydrogens (tertiary/aromatic N) is 2. The second-order valence-electron chi connectivity index (χ2n) is 4.76. The first-order valence-electron chi connectivity index (χ1n) is 5.84. The molecule has 0 spiro atoms. The highest BCUT2D eigenvalue weighted by Crippen LogP contribution is 2.30. The molecule has 0 bridgehead atoms. The molecule has 0 aliphatic carbocycles. The second kappa shape index (κ2) is 4.31.